The molecule has 2 aliphatic heterocycles. The van der Waals surface area contributed by atoms with E-state index in [-0.39, 0.29) is 11.9 Å². The van der Waals surface area contributed by atoms with Crippen LogP contribution in [-0.4, -0.2) is 77.5 Å². The van der Waals surface area contributed by atoms with E-state index in [9.17, 15) is 9.90 Å². The molecule has 4 bridgehead atoms. The Morgan fingerprint density at radius 3 is 2.61 bits per heavy atom. The monoisotopic (exact) mass is 454 g/mol. The van der Waals surface area contributed by atoms with E-state index in [0.29, 0.717) is 35.5 Å². The standard InChI is InChI=1S/C26H38N4O3/c1-17-16-29(21-5-9-33-10-6-21)7-8-30(17)23-4-2-3-22(27-23)25(31)28-24-19-11-18-12-20(24)15-26(32,13-18)14-19/h2-4,17-21,24,32H,5-16H2,1H3,(H,28,31)/t17-,18?,19?,20?,24-,26-/m1/s1. The normalized spacial score (nSPS) is 39.1. The average Bonchev–Trinajstić information content (AvgIpc) is 2.81. The van der Waals surface area contributed by atoms with Crippen molar-refractivity contribution in [3.05, 3.63) is 23.9 Å². The molecule has 4 aliphatic carbocycles. The van der Waals surface area contributed by atoms with Gasteiger partial charge in [0.2, 0.25) is 0 Å². The van der Waals surface area contributed by atoms with Gasteiger partial charge in [0.15, 0.2) is 0 Å². The SMILES string of the molecule is C[C@@H]1CN(C2CCOCC2)CCN1c1cccc(C(=O)N[C@H]2C3CC4CC2C[C@](O)(C4)C3)n1. The number of aromatic nitrogens is 1. The fraction of sp³-hybridized carbons (Fsp3) is 0.769. The third-order valence-corrected chi connectivity index (χ3v) is 9.17. The van der Waals surface area contributed by atoms with Crippen molar-refractivity contribution in [2.24, 2.45) is 17.8 Å². The zero-order valence-corrected chi connectivity index (χ0v) is 19.8. The van der Waals surface area contributed by atoms with E-state index in [1.807, 2.05) is 18.2 Å². The zero-order valence-electron chi connectivity index (χ0n) is 19.8. The second-order valence-corrected chi connectivity index (χ2v) is 11.5. The highest BCUT2D eigenvalue weighted by atomic mass is 16.5. The van der Waals surface area contributed by atoms with Gasteiger partial charge in [0.25, 0.3) is 5.91 Å². The summed E-state index contributed by atoms with van der Waals surface area (Å²) in [6, 6.07) is 7.02. The minimum atomic E-state index is -0.473. The van der Waals surface area contributed by atoms with Gasteiger partial charge in [-0.05, 0) is 81.8 Å². The van der Waals surface area contributed by atoms with Gasteiger partial charge in [0, 0.05) is 51.0 Å². The minimum Gasteiger partial charge on any atom is -0.390 e. The molecule has 0 spiro atoms. The molecule has 1 amide bonds. The number of aliphatic hydroxyl groups is 1. The van der Waals surface area contributed by atoms with Gasteiger partial charge in [-0.3, -0.25) is 9.69 Å². The molecule has 7 rings (SSSR count). The van der Waals surface area contributed by atoms with Gasteiger partial charge in [0.1, 0.15) is 11.5 Å². The summed E-state index contributed by atoms with van der Waals surface area (Å²) < 4.78 is 5.54. The van der Waals surface area contributed by atoms with Crippen LogP contribution in [0.25, 0.3) is 0 Å². The highest BCUT2D eigenvalue weighted by Gasteiger charge is 2.55. The molecule has 4 saturated carbocycles. The molecule has 33 heavy (non-hydrogen) atoms. The number of pyridine rings is 1. The number of amides is 1. The first-order valence-corrected chi connectivity index (χ1v) is 13.1. The Labute approximate surface area is 196 Å². The molecule has 1 aromatic heterocycles. The summed E-state index contributed by atoms with van der Waals surface area (Å²) >= 11 is 0. The van der Waals surface area contributed by atoms with Crippen LogP contribution in [0, 0.1) is 17.8 Å². The van der Waals surface area contributed by atoms with E-state index in [1.54, 1.807) is 0 Å². The molecule has 180 valence electrons. The number of ether oxygens (including phenoxy) is 1. The lowest BCUT2D eigenvalue weighted by Gasteiger charge is -2.58. The molecule has 3 atom stereocenters. The van der Waals surface area contributed by atoms with Crippen LogP contribution in [0.3, 0.4) is 0 Å². The van der Waals surface area contributed by atoms with Crippen molar-refractivity contribution in [1.82, 2.24) is 15.2 Å². The van der Waals surface area contributed by atoms with Gasteiger partial charge in [-0.15, -0.1) is 0 Å². The van der Waals surface area contributed by atoms with Gasteiger partial charge < -0.3 is 20.1 Å². The zero-order chi connectivity index (χ0) is 22.6. The quantitative estimate of drug-likeness (QED) is 0.728. The smallest absolute Gasteiger partial charge is 0.270 e. The van der Waals surface area contributed by atoms with Gasteiger partial charge in [-0.1, -0.05) is 6.07 Å². The van der Waals surface area contributed by atoms with E-state index in [1.165, 1.54) is 0 Å². The van der Waals surface area contributed by atoms with Crippen molar-refractivity contribution < 1.29 is 14.6 Å². The first-order valence-electron chi connectivity index (χ1n) is 13.1. The van der Waals surface area contributed by atoms with E-state index in [4.69, 9.17) is 9.72 Å². The van der Waals surface area contributed by atoms with Crippen LogP contribution in [-0.2, 0) is 4.74 Å². The maximum Gasteiger partial charge on any atom is 0.270 e. The maximum atomic E-state index is 13.2. The molecule has 2 unspecified atom stereocenters. The highest BCUT2D eigenvalue weighted by Crippen LogP contribution is 2.55. The molecular weight excluding hydrogens is 416 g/mol. The molecule has 2 saturated heterocycles. The third kappa shape index (κ3) is 4.17. The summed E-state index contributed by atoms with van der Waals surface area (Å²) in [6.45, 7) is 7.00. The van der Waals surface area contributed by atoms with Crippen LogP contribution in [0.1, 0.15) is 62.4 Å². The molecule has 7 heteroatoms. The van der Waals surface area contributed by atoms with Gasteiger partial charge in [-0.2, -0.15) is 0 Å². The van der Waals surface area contributed by atoms with Crippen LogP contribution < -0.4 is 10.2 Å². The first-order chi connectivity index (χ1) is 16.0. The number of carbonyl (C=O) groups excluding carboxylic acids is 1. The maximum absolute atomic E-state index is 13.2. The van der Waals surface area contributed by atoms with Crippen LogP contribution >= 0.6 is 0 Å². The molecule has 2 N–H and O–H groups in total. The summed E-state index contributed by atoms with van der Waals surface area (Å²) in [4.78, 5) is 23.0. The Balaban J connectivity index is 1.11. The van der Waals surface area contributed by atoms with E-state index >= 15 is 0 Å². The molecule has 0 aromatic carbocycles. The van der Waals surface area contributed by atoms with Crippen LogP contribution in [0.4, 0.5) is 5.82 Å². The second-order valence-electron chi connectivity index (χ2n) is 11.5. The Bertz CT molecular complexity index is 872. The lowest BCUT2D eigenvalue weighted by Crippen LogP contribution is -2.61. The Hall–Kier alpha value is -1.70. The van der Waals surface area contributed by atoms with Gasteiger partial charge in [-0.25, -0.2) is 4.98 Å². The van der Waals surface area contributed by atoms with Gasteiger partial charge >= 0.3 is 0 Å². The van der Waals surface area contributed by atoms with Crippen molar-refractivity contribution in [3.8, 4) is 0 Å². The summed E-state index contributed by atoms with van der Waals surface area (Å²) in [5.41, 5.74) is 0.0396. The van der Waals surface area contributed by atoms with Crippen LogP contribution in [0.15, 0.2) is 18.2 Å². The number of rotatable bonds is 4. The molecule has 6 aliphatic rings. The Morgan fingerprint density at radius 1 is 1.15 bits per heavy atom. The van der Waals surface area contributed by atoms with Crippen molar-refractivity contribution in [2.75, 3.05) is 37.7 Å². The van der Waals surface area contributed by atoms with Gasteiger partial charge in [0.05, 0.1) is 5.60 Å². The number of piperazine rings is 1. The number of nitrogens with zero attached hydrogens (tertiary/aromatic N) is 3. The average molecular weight is 455 g/mol. The minimum absolute atomic E-state index is 0.0604. The highest BCUT2D eigenvalue weighted by molar-refractivity contribution is 5.93. The summed E-state index contributed by atoms with van der Waals surface area (Å²) in [5.74, 6) is 2.30. The number of hydrogen-bond acceptors (Lipinski definition) is 6. The molecule has 7 nitrogen and oxygen atoms in total. The number of carbonyl (C=O) groups is 1. The molecule has 3 heterocycles. The Morgan fingerprint density at radius 2 is 1.91 bits per heavy atom. The predicted octanol–water partition coefficient (Wildman–Crippen LogP) is 2.44. The molecule has 0 radical (unpaired) electrons. The van der Waals surface area contributed by atoms with Crippen molar-refractivity contribution in [3.63, 3.8) is 0 Å². The third-order valence-electron chi connectivity index (χ3n) is 9.17. The van der Waals surface area contributed by atoms with E-state index in [2.05, 4.69) is 22.0 Å². The summed E-state index contributed by atoms with van der Waals surface area (Å²) in [5, 5.41) is 14.2. The lowest BCUT2D eigenvalue weighted by atomic mass is 9.52. The second kappa shape index (κ2) is 8.51. The fourth-order valence-electron chi connectivity index (χ4n) is 7.86. The topological polar surface area (TPSA) is 77.9 Å². The lowest BCUT2D eigenvalue weighted by molar-refractivity contribution is -0.136. The summed E-state index contributed by atoms with van der Waals surface area (Å²) in [7, 11) is 0. The van der Waals surface area contributed by atoms with Crippen LogP contribution in [0.2, 0.25) is 0 Å². The number of hydrogen-bond donors (Lipinski definition) is 2. The van der Waals surface area contributed by atoms with Crippen molar-refractivity contribution in [1.29, 1.82) is 0 Å². The number of anilines is 1. The first kappa shape index (κ1) is 21.8. The van der Waals surface area contributed by atoms with Crippen LogP contribution in [0.5, 0.6) is 0 Å². The van der Waals surface area contributed by atoms with E-state index < -0.39 is 5.60 Å². The molecule has 6 fully saturated rings. The predicted molar refractivity (Wildman–Crippen MR) is 126 cm³/mol. The fourth-order valence-corrected chi connectivity index (χ4v) is 7.86. The van der Waals surface area contributed by atoms with Crippen molar-refractivity contribution >= 4 is 11.7 Å². The van der Waals surface area contributed by atoms with E-state index in [0.717, 1.165) is 83.6 Å². The Kier molecular flexibility index (Phi) is 5.62. The van der Waals surface area contributed by atoms with Crippen molar-refractivity contribution in [2.45, 2.75) is 75.6 Å². The number of nitrogens with one attached hydrogen (secondary N) is 1. The molecule has 1 aromatic rings. The largest absolute Gasteiger partial charge is 0.390 e. The molecular formula is C26H38N4O3. The summed E-state index contributed by atoms with van der Waals surface area (Å²) in [6.07, 6.45) is 7.19.